The van der Waals surface area contributed by atoms with Crippen molar-refractivity contribution < 1.29 is 4.79 Å². The molecule has 1 fully saturated rings. The molecule has 0 bridgehead atoms. The molecule has 0 unspecified atom stereocenters. The van der Waals surface area contributed by atoms with Crippen LogP contribution in [-0.4, -0.2) is 53.5 Å². The van der Waals surface area contributed by atoms with Gasteiger partial charge < -0.3 is 15.1 Å². The van der Waals surface area contributed by atoms with E-state index in [4.69, 9.17) is 23.2 Å². The van der Waals surface area contributed by atoms with Crippen LogP contribution in [0.25, 0.3) is 0 Å². The first-order chi connectivity index (χ1) is 12.1. The molecule has 0 radical (unpaired) electrons. The topological polar surface area (TPSA) is 61.4 Å². The number of hydrogen-bond acceptors (Lipinski definition) is 5. The second kappa shape index (κ2) is 7.99. The largest absolute Gasteiger partial charge is 0.338 e. The molecule has 132 valence electrons. The van der Waals surface area contributed by atoms with Crippen LogP contribution in [0.3, 0.4) is 0 Å². The molecule has 0 spiro atoms. The second-order valence-electron chi connectivity index (χ2n) is 5.74. The van der Waals surface area contributed by atoms with Crippen molar-refractivity contribution in [3.8, 4) is 0 Å². The van der Waals surface area contributed by atoms with Gasteiger partial charge >= 0.3 is 0 Å². The number of piperazine rings is 1. The number of aromatic nitrogens is 2. The molecule has 2 aromatic rings. The summed E-state index contributed by atoms with van der Waals surface area (Å²) in [5.74, 6) is 0.241. The summed E-state index contributed by atoms with van der Waals surface area (Å²) in [5.41, 5.74) is 0.793. The van der Waals surface area contributed by atoms with Gasteiger partial charge in [-0.3, -0.25) is 4.79 Å². The zero-order valence-corrected chi connectivity index (χ0v) is 15.4. The van der Waals surface area contributed by atoms with Crippen LogP contribution in [0.1, 0.15) is 17.4 Å². The average Bonchev–Trinajstić information content (AvgIpc) is 2.64. The van der Waals surface area contributed by atoms with Crippen LogP contribution in [0.5, 0.6) is 0 Å². The Bertz CT molecular complexity index is 762. The normalized spacial score (nSPS) is 15.2. The number of amides is 1. The molecule has 1 N–H and O–H groups in total. The molecular formula is C17H19Cl2N5O. The summed E-state index contributed by atoms with van der Waals surface area (Å²) in [6, 6.07) is 6.50. The van der Waals surface area contributed by atoms with Crippen LogP contribution in [0.2, 0.25) is 10.0 Å². The van der Waals surface area contributed by atoms with Crippen LogP contribution in [0, 0.1) is 0 Å². The van der Waals surface area contributed by atoms with Crippen molar-refractivity contribution in [2.24, 2.45) is 0 Å². The van der Waals surface area contributed by atoms with Crippen LogP contribution in [0.15, 0.2) is 30.5 Å². The number of benzene rings is 1. The van der Waals surface area contributed by atoms with Crippen LogP contribution >= 0.6 is 23.2 Å². The van der Waals surface area contributed by atoms with Crippen molar-refractivity contribution in [1.82, 2.24) is 14.9 Å². The Kier molecular flexibility index (Phi) is 5.73. The Balaban J connectivity index is 1.71. The van der Waals surface area contributed by atoms with Gasteiger partial charge in [-0.1, -0.05) is 30.1 Å². The Morgan fingerprint density at radius 3 is 2.64 bits per heavy atom. The Morgan fingerprint density at radius 2 is 1.96 bits per heavy atom. The van der Waals surface area contributed by atoms with E-state index in [0.29, 0.717) is 27.4 Å². The summed E-state index contributed by atoms with van der Waals surface area (Å²) in [6.07, 6.45) is 1.60. The zero-order valence-electron chi connectivity index (χ0n) is 13.9. The smallest absolute Gasteiger partial charge is 0.274 e. The monoisotopic (exact) mass is 379 g/mol. The lowest BCUT2D eigenvalue weighted by molar-refractivity contribution is 0.102. The van der Waals surface area contributed by atoms with Crippen molar-refractivity contribution in [1.29, 1.82) is 0 Å². The standard InChI is InChI=1S/C17H19Cl2N5O/c1-2-23-7-9-24(10-8-23)17-20-6-5-15(22-17)16(25)21-14-4-3-12(18)11-13(14)19/h3-6,11H,2,7-10H2,1H3,(H,21,25). The molecule has 2 heterocycles. The fraction of sp³-hybridized carbons (Fsp3) is 0.353. The molecule has 6 nitrogen and oxygen atoms in total. The van der Waals surface area contributed by atoms with Crippen LogP contribution in [0.4, 0.5) is 11.6 Å². The Labute approximate surface area is 156 Å². The van der Waals surface area contributed by atoms with Gasteiger partial charge in [-0.2, -0.15) is 0 Å². The second-order valence-corrected chi connectivity index (χ2v) is 6.59. The van der Waals surface area contributed by atoms with E-state index in [1.165, 1.54) is 0 Å². The Hall–Kier alpha value is -1.89. The number of hydrogen-bond donors (Lipinski definition) is 1. The van der Waals surface area contributed by atoms with Gasteiger partial charge in [-0.05, 0) is 30.8 Å². The molecule has 8 heteroatoms. The van der Waals surface area contributed by atoms with E-state index in [9.17, 15) is 4.79 Å². The molecule has 1 aliphatic heterocycles. The SMILES string of the molecule is CCN1CCN(c2nccc(C(=O)Nc3ccc(Cl)cc3Cl)n2)CC1. The molecule has 3 rings (SSSR count). The molecule has 25 heavy (non-hydrogen) atoms. The summed E-state index contributed by atoms with van der Waals surface area (Å²) >= 11 is 12.0. The summed E-state index contributed by atoms with van der Waals surface area (Å²) in [6.45, 7) is 6.83. The lowest BCUT2D eigenvalue weighted by Gasteiger charge is -2.34. The molecule has 0 atom stereocenters. The quantitative estimate of drug-likeness (QED) is 0.883. The lowest BCUT2D eigenvalue weighted by atomic mass is 10.3. The zero-order chi connectivity index (χ0) is 17.8. The minimum Gasteiger partial charge on any atom is -0.338 e. The first-order valence-corrected chi connectivity index (χ1v) is 8.89. The predicted octanol–water partition coefficient (Wildman–Crippen LogP) is 3.18. The minimum absolute atomic E-state index is 0.300. The van der Waals surface area contributed by atoms with E-state index in [1.54, 1.807) is 30.5 Å². The molecule has 1 amide bonds. The van der Waals surface area contributed by atoms with E-state index in [1.807, 2.05) is 0 Å². The molecule has 1 saturated heterocycles. The third-order valence-electron chi connectivity index (χ3n) is 4.16. The third kappa shape index (κ3) is 4.39. The Morgan fingerprint density at radius 1 is 1.20 bits per heavy atom. The summed E-state index contributed by atoms with van der Waals surface area (Å²) in [4.78, 5) is 25.6. The van der Waals surface area contributed by atoms with Crippen molar-refractivity contribution in [2.75, 3.05) is 42.9 Å². The summed E-state index contributed by atoms with van der Waals surface area (Å²) in [5, 5.41) is 3.65. The molecule has 0 saturated carbocycles. The number of nitrogens with one attached hydrogen (secondary N) is 1. The first kappa shape index (κ1) is 17.9. The number of anilines is 2. The molecule has 1 aromatic heterocycles. The third-order valence-corrected chi connectivity index (χ3v) is 4.70. The lowest BCUT2D eigenvalue weighted by Crippen LogP contribution is -2.46. The van der Waals surface area contributed by atoms with Crippen molar-refractivity contribution in [2.45, 2.75) is 6.92 Å². The highest BCUT2D eigenvalue weighted by Gasteiger charge is 2.19. The fourth-order valence-corrected chi connectivity index (χ4v) is 3.12. The highest BCUT2D eigenvalue weighted by atomic mass is 35.5. The number of carbonyl (C=O) groups is 1. The van der Waals surface area contributed by atoms with Gasteiger partial charge in [-0.15, -0.1) is 0 Å². The number of halogens is 2. The highest BCUT2D eigenvalue weighted by Crippen LogP contribution is 2.25. The van der Waals surface area contributed by atoms with Gasteiger partial charge in [0.15, 0.2) is 0 Å². The maximum atomic E-state index is 12.5. The molecule has 1 aromatic carbocycles. The maximum absolute atomic E-state index is 12.5. The van der Waals surface area contributed by atoms with Crippen molar-refractivity contribution in [3.05, 3.63) is 46.2 Å². The number of nitrogens with zero attached hydrogens (tertiary/aromatic N) is 4. The van der Waals surface area contributed by atoms with Gasteiger partial charge in [0.05, 0.1) is 10.7 Å². The van der Waals surface area contributed by atoms with E-state index in [2.05, 4.69) is 32.0 Å². The molecule has 1 aliphatic rings. The van der Waals surface area contributed by atoms with E-state index in [-0.39, 0.29) is 5.91 Å². The van der Waals surface area contributed by atoms with Crippen molar-refractivity contribution in [3.63, 3.8) is 0 Å². The predicted molar refractivity (Wildman–Crippen MR) is 101 cm³/mol. The van der Waals surface area contributed by atoms with Crippen LogP contribution in [-0.2, 0) is 0 Å². The maximum Gasteiger partial charge on any atom is 0.274 e. The van der Waals surface area contributed by atoms with Crippen LogP contribution < -0.4 is 10.2 Å². The summed E-state index contributed by atoms with van der Waals surface area (Å²) < 4.78 is 0. The number of carbonyl (C=O) groups excluding carboxylic acids is 1. The van der Waals surface area contributed by atoms with Gasteiger partial charge in [0, 0.05) is 37.4 Å². The van der Waals surface area contributed by atoms with E-state index in [0.717, 1.165) is 32.7 Å². The van der Waals surface area contributed by atoms with Gasteiger partial charge in [-0.25, -0.2) is 9.97 Å². The molecule has 0 aliphatic carbocycles. The van der Waals surface area contributed by atoms with E-state index < -0.39 is 0 Å². The average molecular weight is 380 g/mol. The minimum atomic E-state index is -0.333. The molecular weight excluding hydrogens is 361 g/mol. The van der Waals surface area contributed by atoms with Crippen molar-refractivity contribution >= 4 is 40.7 Å². The van der Waals surface area contributed by atoms with E-state index >= 15 is 0 Å². The highest BCUT2D eigenvalue weighted by molar-refractivity contribution is 6.36. The summed E-state index contributed by atoms with van der Waals surface area (Å²) in [7, 11) is 0. The first-order valence-electron chi connectivity index (χ1n) is 8.13. The van der Waals surface area contributed by atoms with Gasteiger partial charge in [0.1, 0.15) is 5.69 Å². The van der Waals surface area contributed by atoms with Gasteiger partial charge in [0.25, 0.3) is 5.91 Å². The number of likely N-dealkylation sites (N-methyl/N-ethyl adjacent to an activating group) is 1. The van der Waals surface area contributed by atoms with Gasteiger partial charge in [0.2, 0.25) is 5.95 Å². The number of rotatable bonds is 4. The fourth-order valence-electron chi connectivity index (χ4n) is 2.67.